The summed E-state index contributed by atoms with van der Waals surface area (Å²) in [4.78, 5) is 1.09. The van der Waals surface area contributed by atoms with E-state index in [-0.39, 0.29) is 12.1 Å². The summed E-state index contributed by atoms with van der Waals surface area (Å²) in [5.74, 6) is 0. The van der Waals surface area contributed by atoms with Crippen LogP contribution in [0.3, 0.4) is 0 Å². The van der Waals surface area contributed by atoms with Crippen LogP contribution in [0.5, 0.6) is 0 Å². The zero-order chi connectivity index (χ0) is 14.4. The minimum Gasteiger partial charge on any atom is -0.326 e. The van der Waals surface area contributed by atoms with Crippen molar-refractivity contribution in [1.29, 1.82) is 0 Å². The molecule has 3 N–H and O–H groups in total. The Morgan fingerprint density at radius 1 is 1.35 bits per heavy atom. The van der Waals surface area contributed by atoms with Gasteiger partial charge in [-0.15, -0.1) is 11.3 Å². The Morgan fingerprint density at radius 3 is 2.65 bits per heavy atom. The van der Waals surface area contributed by atoms with Gasteiger partial charge in [0.15, 0.2) is 0 Å². The molecule has 0 radical (unpaired) electrons. The van der Waals surface area contributed by atoms with Crippen LogP contribution in [-0.4, -0.2) is 14.0 Å². The standard InChI is InChI=1S/C14H18N2O2S2/c1-14(7-4-8-14)16-20(17,18)13-10-5-2-3-6-11(10)19-12(13)9-15/h2-3,5-6,16H,4,7-9,15H2,1H3. The summed E-state index contributed by atoms with van der Waals surface area (Å²) in [6.07, 6.45) is 2.87. The smallest absolute Gasteiger partial charge is 0.242 e. The summed E-state index contributed by atoms with van der Waals surface area (Å²) < 4.78 is 29.3. The van der Waals surface area contributed by atoms with Crippen LogP contribution in [0, 0.1) is 0 Å². The van der Waals surface area contributed by atoms with Gasteiger partial charge < -0.3 is 5.73 Å². The zero-order valence-corrected chi connectivity index (χ0v) is 13.0. The molecule has 1 aliphatic carbocycles. The molecule has 0 atom stereocenters. The molecule has 0 bridgehead atoms. The van der Waals surface area contributed by atoms with E-state index < -0.39 is 10.0 Å². The molecule has 0 aliphatic heterocycles. The SMILES string of the molecule is CC1(NS(=O)(=O)c2c(CN)sc3ccccc23)CCC1. The van der Waals surface area contributed by atoms with Gasteiger partial charge in [0.2, 0.25) is 10.0 Å². The molecule has 0 spiro atoms. The van der Waals surface area contributed by atoms with Gasteiger partial charge in [0.1, 0.15) is 4.90 Å². The topological polar surface area (TPSA) is 72.2 Å². The highest BCUT2D eigenvalue weighted by Crippen LogP contribution is 2.37. The van der Waals surface area contributed by atoms with E-state index in [0.717, 1.165) is 34.2 Å². The van der Waals surface area contributed by atoms with E-state index in [2.05, 4.69) is 4.72 Å². The number of hydrogen-bond donors (Lipinski definition) is 2. The quantitative estimate of drug-likeness (QED) is 0.911. The Kier molecular flexibility index (Phi) is 3.36. The third-order valence-electron chi connectivity index (χ3n) is 3.91. The van der Waals surface area contributed by atoms with Gasteiger partial charge in [0.25, 0.3) is 0 Å². The lowest BCUT2D eigenvalue weighted by Crippen LogP contribution is -2.50. The van der Waals surface area contributed by atoms with Crippen LogP contribution in [0.4, 0.5) is 0 Å². The molecule has 3 rings (SSSR count). The maximum Gasteiger partial charge on any atom is 0.242 e. The van der Waals surface area contributed by atoms with Gasteiger partial charge in [-0.25, -0.2) is 13.1 Å². The van der Waals surface area contributed by atoms with E-state index in [1.807, 2.05) is 31.2 Å². The fraction of sp³-hybridized carbons (Fsp3) is 0.429. The van der Waals surface area contributed by atoms with Gasteiger partial charge in [-0.05, 0) is 32.3 Å². The monoisotopic (exact) mass is 310 g/mol. The molecule has 20 heavy (non-hydrogen) atoms. The highest BCUT2D eigenvalue weighted by atomic mass is 32.2. The van der Waals surface area contributed by atoms with Gasteiger partial charge in [0, 0.05) is 27.0 Å². The zero-order valence-electron chi connectivity index (χ0n) is 11.3. The van der Waals surface area contributed by atoms with Crippen LogP contribution in [-0.2, 0) is 16.6 Å². The molecule has 1 aromatic heterocycles. The van der Waals surface area contributed by atoms with Crippen LogP contribution in [0.1, 0.15) is 31.1 Å². The van der Waals surface area contributed by atoms with Crippen LogP contribution in [0.2, 0.25) is 0 Å². The van der Waals surface area contributed by atoms with Crippen molar-refractivity contribution in [1.82, 2.24) is 4.72 Å². The molecule has 6 heteroatoms. The second kappa shape index (κ2) is 4.80. The first kappa shape index (κ1) is 14.0. The first-order chi connectivity index (χ1) is 9.45. The van der Waals surface area contributed by atoms with Gasteiger partial charge >= 0.3 is 0 Å². The third-order valence-corrected chi connectivity index (χ3v) is 7.00. The highest BCUT2D eigenvalue weighted by molar-refractivity contribution is 7.90. The van der Waals surface area contributed by atoms with Gasteiger partial charge in [-0.3, -0.25) is 0 Å². The third kappa shape index (κ3) is 2.26. The highest BCUT2D eigenvalue weighted by Gasteiger charge is 2.37. The molecular formula is C14H18N2O2S2. The normalized spacial score (nSPS) is 18.1. The molecule has 2 aromatic rings. The second-order valence-electron chi connectivity index (χ2n) is 5.57. The van der Waals surface area contributed by atoms with Crippen molar-refractivity contribution in [2.45, 2.75) is 43.2 Å². The van der Waals surface area contributed by atoms with E-state index >= 15 is 0 Å². The fourth-order valence-electron chi connectivity index (χ4n) is 2.69. The number of nitrogens with one attached hydrogen (secondary N) is 1. The van der Waals surface area contributed by atoms with E-state index in [0.29, 0.717) is 4.90 Å². The number of rotatable bonds is 4. The van der Waals surface area contributed by atoms with E-state index in [4.69, 9.17) is 5.73 Å². The summed E-state index contributed by atoms with van der Waals surface area (Å²) in [6, 6.07) is 7.56. The van der Waals surface area contributed by atoms with E-state index in [9.17, 15) is 8.42 Å². The van der Waals surface area contributed by atoms with Crippen LogP contribution in [0.15, 0.2) is 29.2 Å². The Morgan fingerprint density at radius 2 is 2.05 bits per heavy atom. The van der Waals surface area contributed by atoms with Gasteiger partial charge in [-0.1, -0.05) is 18.2 Å². The minimum atomic E-state index is -3.52. The summed E-state index contributed by atoms with van der Waals surface area (Å²) in [5, 5.41) is 0.772. The van der Waals surface area contributed by atoms with Crippen molar-refractivity contribution in [3.63, 3.8) is 0 Å². The first-order valence-electron chi connectivity index (χ1n) is 6.70. The van der Waals surface area contributed by atoms with Crippen molar-refractivity contribution >= 4 is 31.4 Å². The molecule has 0 amide bonds. The van der Waals surface area contributed by atoms with Crippen molar-refractivity contribution < 1.29 is 8.42 Å². The molecule has 1 saturated carbocycles. The number of benzene rings is 1. The van der Waals surface area contributed by atoms with Crippen LogP contribution >= 0.6 is 11.3 Å². The number of hydrogen-bond acceptors (Lipinski definition) is 4. The lowest BCUT2D eigenvalue weighted by atomic mass is 9.80. The number of fused-ring (bicyclic) bond motifs is 1. The molecule has 108 valence electrons. The largest absolute Gasteiger partial charge is 0.326 e. The van der Waals surface area contributed by atoms with Crippen LogP contribution in [0.25, 0.3) is 10.1 Å². The van der Waals surface area contributed by atoms with Crippen molar-refractivity contribution in [3.05, 3.63) is 29.1 Å². The number of thiophene rings is 1. The predicted molar refractivity (Wildman–Crippen MR) is 82.3 cm³/mol. The molecule has 0 unspecified atom stereocenters. The lowest BCUT2D eigenvalue weighted by Gasteiger charge is -2.38. The Balaban J connectivity index is 2.12. The maximum atomic E-state index is 12.7. The Bertz CT molecular complexity index is 746. The van der Waals surface area contributed by atoms with E-state index in [1.165, 1.54) is 11.3 Å². The average Bonchev–Trinajstić information content (AvgIpc) is 2.75. The minimum absolute atomic E-state index is 0.242. The number of sulfonamides is 1. The van der Waals surface area contributed by atoms with Gasteiger partial charge in [0.05, 0.1) is 0 Å². The average molecular weight is 310 g/mol. The van der Waals surface area contributed by atoms with E-state index in [1.54, 1.807) is 0 Å². The fourth-order valence-corrected chi connectivity index (χ4v) is 5.99. The van der Waals surface area contributed by atoms with Crippen molar-refractivity contribution in [2.75, 3.05) is 0 Å². The van der Waals surface area contributed by atoms with Crippen molar-refractivity contribution in [3.8, 4) is 0 Å². The molecule has 0 saturated heterocycles. The molecule has 1 heterocycles. The van der Waals surface area contributed by atoms with Crippen molar-refractivity contribution in [2.24, 2.45) is 5.73 Å². The summed E-state index contributed by atoms with van der Waals surface area (Å²) in [6.45, 7) is 2.21. The summed E-state index contributed by atoms with van der Waals surface area (Å²) >= 11 is 1.46. The summed E-state index contributed by atoms with van der Waals surface area (Å²) in [5.41, 5.74) is 5.44. The molecule has 1 aromatic carbocycles. The molecular weight excluding hydrogens is 292 g/mol. The first-order valence-corrected chi connectivity index (χ1v) is 9.00. The Labute approximate surface area is 123 Å². The Hall–Kier alpha value is -0.950. The van der Waals surface area contributed by atoms with Gasteiger partial charge in [-0.2, -0.15) is 0 Å². The predicted octanol–water partition coefficient (Wildman–Crippen LogP) is 2.58. The van der Waals surface area contributed by atoms with Crippen LogP contribution < -0.4 is 10.5 Å². The molecule has 4 nitrogen and oxygen atoms in total. The lowest BCUT2D eigenvalue weighted by molar-refractivity contribution is 0.248. The summed E-state index contributed by atoms with van der Waals surface area (Å²) in [7, 11) is -3.52. The maximum absolute atomic E-state index is 12.7. The number of nitrogens with two attached hydrogens (primary N) is 1. The molecule has 1 fully saturated rings. The molecule has 1 aliphatic rings. The second-order valence-corrected chi connectivity index (χ2v) is 8.33.